The Kier molecular flexibility index (Phi) is 3.95. The second kappa shape index (κ2) is 6.40. The van der Waals surface area contributed by atoms with Gasteiger partial charge in [-0.1, -0.05) is 24.3 Å². The molecular weight excluding hydrogens is 298 g/mol. The number of carbonyl (C=O) groups is 1. The lowest BCUT2D eigenvalue weighted by atomic mass is 9.96. The van der Waals surface area contributed by atoms with E-state index < -0.39 is 0 Å². The normalized spacial score (nSPS) is 17.3. The summed E-state index contributed by atoms with van der Waals surface area (Å²) in [5.74, 6) is 0.569. The second-order valence-electron chi connectivity index (χ2n) is 6.34. The Morgan fingerprint density at radius 1 is 1.12 bits per heavy atom. The number of aromatic nitrogens is 2. The molecule has 1 aromatic carbocycles. The molecule has 0 aliphatic carbocycles. The van der Waals surface area contributed by atoms with E-state index in [0.717, 1.165) is 31.4 Å². The number of pyridine rings is 2. The lowest BCUT2D eigenvalue weighted by Crippen LogP contribution is -2.29. The number of hydrogen-bond donors (Lipinski definition) is 0. The van der Waals surface area contributed by atoms with E-state index in [2.05, 4.69) is 34.2 Å². The number of para-hydroxylation sites is 1. The summed E-state index contributed by atoms with van der Waals surface area (Å²) in [5, 5.41) is 1.18. The molecule has 4 rings (SSSR count). The number of nitrogens with zero attached hydrogens (tertiary/aromatic N) is 3. The van der Waals surface area contributed by atoms with Gasteiger partial charge in [0.2, 0.25) is 0 Å². The maximum atomic E-state index is 12.5. The van der Waals surface area contributed by atoms with E-state index in [1.54, 1.807) is 12.4 Å². The van der Waals surface area contributed by atoms with Gasteiger partial charge in [-0.2, -0.15) is 0 Å². The Labute approximate surface area is 141 Å². The molecule has 1 saturated heterocycles. The van der Waals surface area contributed by atoms with Gasteiger partial charge in [-0.25, -0.2) is 0 Å². The van der Waals surface area contributed by atoms with E-state index in [-0.39, 0.29) is 5.91 Å². The molecule has 120 valence electrons. The molecule has 1 aliphatic heterocycles. The van der Waals surface area contributed by atoms with Gasteiger partial charge in [0, 0.05) is 37.1 Å². The number of benzene rings is 1. The minimum atomic E-state index is 0.0849. The van der Waals surface area contributed by atoms with Crippen molar-refractivity contribution in [3.8, 4) is 0 Å². The van der Waals surface area contributed by atoms with Gasteiger partial charge in [0.25, 0.3) is 5.91 Å². The average Bonchev–Trinajstić information content (AvgIpc) is 3.11. The Balaban J connectivity index is 1.48. The molecule has 2 aromatic heterocycles. The van der Waals surface area contributed by atoms with Gasteiger partial charge in [0.15, 0.2) is 0 Å². The monoisotopic (exact) mass is 317 g/mol. The summed E-state index contributed by atoms with van der Waals surface area (Å²) in [5.41, 5.74) is 3.02. The quantitative estimate of drug-likeness (QED) is 0.744. The highest BCUT2D eigenvalue weighted by molar-refractivity contribution is 5.94. The van der Waals surface area contributed by atoms with Crippen molar-refractivity contribution in [1.82, 2.24) is 14.9 Å². The fraction of sp³-hybridized carbons (Fsp3) is 0.250. The Morgan fingerprint density at radius 2 is 2.00 bits per heavy atom. The molecule has 1 aliphatic rings. The summed E-state index contributed by atoms with van der Waals surface area (Å²) in [6.07, 6.45) is 7.18. The molecule has 3 aromatic rings. The first-order valence-electron chi connectivity index (χ1n) is 8.33. The summed E-state index contributed by atoms with van der Waals surface area (Å²) in [4.78, 5) is 23.1. The van der Waals surface area contributed by atoms with Crippen LogP contribution in [0.5, 0.6) is 0 Å². The Bertz CT molecular complexity index is 858. The van der Waals surface area contributed by atoms with Crippen molar-refractivity contribution < 1.29 is 4.79 Å². The summed E-state index contributed by atoms with van der Waals surface area (Å²) >= 11 is 0. The predicted molar refractivity (Wildman–Crippen MR) is 93.7 cm³/mol. The molecule has 1 amide bonds. The van der Waals surface area contributed by atoms with Crippen molar-refractivity contribution in [2.75, 3.05) is 13.1 Å². The van der Waals surface area contributed by atoms with Gasteiger partial charge in [0.05, 0.1) is 11.1 Å². The lowest BCUT2D eigenvalue weighted by Gasteiger charge is -2.16. The van der Waals surface area contributed by atoms with Gasteiger partial charge in [-0.15, -0.1) is 0 Å². The maximum Gasteiger partial charge on any atom is 0.255 e. The minimum absolute atomic E-state index is 0.0849. The molecule has 1 unspecified atom stereocenters. The first-order valence-corrected chi connectivity index (χ1v) is 8.33. The van der Waals surface area contributed by atoms with E-state index >= 15 is 0 Å². The van der Waals surface area contributed by atoms with Crippen LogP contribution in [0.1, 0.15) is 22.3 Å². The van der Waals surface area contributed by atoms with Crippen LogP contribution < -0.4 is 0 Å². The van der Waals surface area contributed by atoms with Gasteiger partial charge in [0.1, 0.15) is 0 Å². The van der Waals surface area contributed by atoms with Gasteiger partial charge >= 0.3 is 0 Å². The number of amides is 1. The van der Waals surface area contributed by atoms with Crippen LogP contribution in [-0.4, -0.2) is 33.9 Å². The highest BCUT2D eigenvalue weighted by Crippen LogP contribution is 2.25. The first-order chi connectivity index (χ1) is 11.8. The average molecular weight is 317 g/mol. The summed E-state index contributed by atoms with van der Waals surface area (Å²) < 4.78 is 0. The van der Waals surface area contributed by atoms with Crippen molar-refractivity contribution in [1.29, 1.82) is 0 Å². The molecule has 0 spiro atoms. The molecule has 24 heavy (non-hydrogen) atoms. The highest BCUT2D eigenvalue weighted by Gasteiger charge is 2.27. The Morgan fingerprint density at radius 3 is 2.88 bits per heavy atom. The van der Waals surface area contributed by atoms with E-state index in [1.807, 2.05) is 29.3 Å². The zero-order valence-corrected chi connectivity index (χ0v) is 13.4. The first kappa shape index (κ1) is 14.8. The van der Waals surface area contributed by atoms with E-state index in [1.165, 1.54) is 10.9 Å². The molecule has 0 N–H and O–H groups in total. The molecular formula is C20H19N3O. The van der Waals surface area contributed by atoms with Crippen LogP contribution in [0, 0.1) is 5.92 Å². The molecule has 0 saturated carbocycles. The number of rotatable bonds is 3. The standard InChI is InChI=1S/C20H19N3O/c24-20(18-7-2-9-21-13-18)23-11-8-15(14-23)12-17-5-1-4-16-6-3-10-22-19(16)17/h1-7,9-10,13,15H,8,11-12,14H2. The van der Waals surface area contributed by atoms with Crippen LogP contribution in [0.2, 0.25) is 0 Å². The van der Waals surface area contributed by atoms with Gasteiger partial charge < -0.3 is 4.90 Å². The summed E-state index contributed by atoms with van der Waals surface area (Å²) in [6, 6.07) is 14.0. The smallest absolute Gasteiger partial charge is 0.255 e. The topological polar surface area (TPSA) is 46.1 Å². The molecule has 0 radical (unpaired) electrons. The highest BCUT2D eigenvalue weighted by atomic mass is 16.2. The summed E-state index contributed by atoms with van der Waals surface area (Å²) in [6.45, 7) is 1.62. The number of fused-ring (bicyclic) bond motifs is 1. The van der Waals surface area contributed by atoms with Crippen LogP contribution >= 0.6 is 0 Å². The third-order valence-corrected chi connectivity index (χ3v) is 4.71. The predicted octanol–water partition coefficient (Wildman–Crippen LogP) is 3.33. The van der Waals surface area contributed by atoms with Crippen molar-refractivity contribution in [2.45, 2.75) is 12.8 Å². The second-order valence-corrected chi connectivity index (χ2v) is 6.34. The molecule has 0 bridgehead atoms. The molecule has 1 fully saturated rings. The third-order valence-electron chi connectivity index (χ3n) is 4.71. The van der Waals surface area contributed by atoms with Crippen LogP contribution in [-0.2, 0) is 6.42 Å². The van der Waals surface area contributed by atoms with Crippen molar-refractivity contribution >= 4 is 16.8 Å². The van der Waals surface area contributed by atoms with Crippen LogP contribution in [0.15, 0.2) is 61.1 Å². The van der Waals surface area contributed by atoms with Crippen LogP contribution in [0.4, 0.5) is 0 Å². The van der Waals surface area contributed by atoms with Crippen LogP contribution in [0.3, 0.4) is 0 Å². The number of hydrogen-bond acceptors (Lipinski definition) is 3. The number of carbonyl (C=O) groups excluding carboxylic acids is 1. The van der Waals surface area contributed by atoms with Gasteiger partial charge in [-0.05, 0) is 42.5 Å². The third kappa shape index (κ3) is 2.87. The molecule has 4 nitrogen and oxygen atoms in total. The SMILES string of the molecule is O=C(c1cccnc1)N1CCC(Cc2cccc3cccnc23)C1. The van der Waals surface area contributed by atoms with E-state index in [0.29, 0.717) is 11.5 Å². The number of likely N-dealkylation sites (tertiary alicyclic amines) is 1. The van der Waals surface area contributed by atoms with Crippen molar-refractivity contribution in [2.24, 2.45) is 5.92 Å². The minimum Gasteiger partial charge on any atom is -0.338 e. The Hall–Kier alpha value is -2.75. The van der Waals surface area contributed by atoms with Crippen molar-refractivity contribution in [3.05, 3.63) is 72.2 Å². The molecule has 3 heterocycles. The fourth-order valence-corrected chi connectivity index (χ4v) is 3.50. The largest absolute Gasteiger partial charge is 0.338 e. The van der Waals surface area contributed by atoms with Crippen LogP contribution in [0.25, 0.3) is 10.9 Å². The summed E-state index contributed by atoms with van der Waals surface area (Å²) in [7, 11) is 0. The van der Waals surface area contributed by atoms with E-state index in [9.17, 15) is 4.79 Å². The van der Waals surface area contributed by atoms with Crippen molar-refractivity contribution in [3.63, 3.8) is 0 Å². The van der Waals surface area contributed by atoms with E-state index in [4.69, 9.17) is 0 Å². The molecule has 4 heteroatoms. The lowest BCUT2D eigenvalue weighted by molar-refractivity contribution is 0.0786. The van der Waals surface area contributed by atoms with Gasteiger partial charge in [-0.3, -0.25) is 14.8 Å². The fourth-order valence-electron chi connectivity index (χ4n) is 3.50. The zero-order chi connectivity index (χ0) is 16.4. The maximum absolute atomic E-state index is 12.5. The molecule has 1 atom stereocenters. The zero-order valence-electron chi connectivity index (χ0n) is 13.4.